The lowest BCUT2D eigenvalue weighted by Crippen LogP contribution is -2.16. The summed E-state index contributed by atoms with van der Waals surface area (Å²) in [7, 11) is 0. The second-order valence-corrected chi connectivity index (χ2v) is 5.00. The molecule has 0 saturated carbocycles. The number of para-hydroxylation sites is 1. The highest BCUT2D eigenvalue weighted by Crippen LogP contribution is 2.38. The Balaban J connectivity index is 1.66. The van der Waals surface area contributed by atoms with Crippen molar-refractivity contribution in [2.45, 2.75) is 6.42 Å². The van der Waals surface area contributed by atoms with Crippen LogP contribution in [0.1, 0.15) is 11.3 Å². The van der Waals surface area contributed by atoms with Crippen molar-refractivity contribution >= 4 is 17.6 Å². The molecule has 0 spiro atoms. The van der Waals surface area contributed by atoms with E-state index in [-0.39, 0.29) is 0 Å². The molecule has 2 aliphatic heterocycles. The zero-order valence-corrected chi connectivity index (χ0v) is 11.5. The number of pyridine rings is 1. The van der Waals surface area contributed by atoms with Crippen LogP contribution in [0.5, 0.6) is 11.5 Å². The number of ether oxygens (including phenoxy) is 2. The molecule has 0 bridgehead atoms. The maximum Gasteiger partial charge on any atom is 0.184 e. The largest absolute Gasteiger partial charge is 0.486 e. The number of hydrogen-bond donors (Lipinski definition) is 1. The van der Waals surface area contributed by atoms with Gasteiger partial charge in [0.1, 0.15) is 13.2 Å². The lowest BCUT2D eigenvalue weighted by molar-refractivity contribution is 0.172. The summed E-state index contributed by atoms with van der Waals surface area (Å²) < 4.78 is 11.3. The Bertz CT molecular complexity index is 713. The molecule has 1 aromatic heterocycles. The highest BCUT2D eigenvalue weighted by molar-refractivity contribution is 5.84. The number of benzene rings is 1. The average molecular weight is 281 g/mol. The van der Waals surface area contributed by atoms with Crippen LogP contribution in [-0.4, -0.2) is 31.0 Å². The molecule has 1 N–H and O–H groups in total. The summed E-state index contributed by atoms with van der Waals surface area (Å²) >= 11 is 0. The molecule has 0 saturated heterocycles. The van der Waals surface area contributed by atoms with E-state index < -0.39 is 0 Å². The minimum absolute atomic E-state index is 0.570. The van der Waals surface area contributed by atoms with Gasteiger partial charge in [-0.05, 0) is 18.2 Å². The number of hydrogen-bond acceptors (Lipinski definition) is 5. The topological polar surface area (TPSA) is 55.7 Å². The molecule has 21 heavy (non-hydrogen) atoms. The molecule has 3 heterocycles. The van der Waals surface area contributed by atoms with Crippen LogP contribution in [0.25, 0.3) is 0 Å². The highest BCUT2D eigenvalue weighted by Gasteiger charge is 2.16. The third-order valence-corrected chi connectivity index (χ3v) is 3.56. The van der Waals surface area contributed by atoms with Gasteiger partial charge in [-0.2, -0.15) is 0 Å². The van der Waals surface area contributed by atoms with Crippen molar-refractivity contribution in [1.82, 2.24) is 4.98 Å². The number of nitrogens with one attached hydrogen (secondary N) is 1. The monoisotopic (exact) mass is 281 g/mol. The van der Waals surface area contributed by atoms with E-state index in [4.69, 9.17) is 9.47 Å². The molecule has 4 rings (SSSR count). The highest BCUT2D eigenvalue weighted by atomic mass is 16.6. The fourth-order valence-electron chi connectivity index (χ4n) is 2.56. The number of fused-ring (bicyclic) bond motifs is 2. The van der Waals surface area contributed by atoms with Gasteiger partial charge in [0, 0.05) is 24.7 Å². The van der Waals surface area contributed by atoms with Crippen LogP contribution < -0.4 is 14.8 Å². The van der Waals surface area contributed by atoms with Crippen LogP contribution >= 0.6 is 0 Å². The van der Waals surface area contributed by atoms with Crippen molar-refractivity contribution in [3.8, 4) is 11.5 Å². The van der Waals surface area contributed by atoms with Crippen molar-refractivity contribution in [1.29, 1.82) is 0 Å². The molecular formula is C16H15N3O2. The molecule has 0 atom stereocenters. The Morgan fingerprint density at radius 2 is 2.10 bits per heavy atom. The van der Waals surface area contributed by atoms with E-state index in [9.17, 15) is 0 Å². The molecule has 2 aliphatic rings. The summed E-state index contributed by atoms with van der Waals surface area (Å²) in [6.45, 7) is 1.98. The van der Waals surface area contributed by atoms with Gasteiger partial charge in [0.05, 0.1) is 23.3 Å². The first-order valence-electron chi connectivity index (χ1n) is 7.04. The number of rotatable bonds is 2. The lowest BCUT2D eigenvalue weighted by Gasteiger charge is -2.21. The summed E-state index contributed by atoms with van der Waals surface area (Å²) in [6, 6.07) is 7.90. The van der Waals surface area contributed by atoms with E-state index >= 15 is 0 Å². The predicted molar refractivity (Wildman–Crippen MR) is 81.1 cm³/mol. The van der Waals surface area contributed by atoms with Gasteiger partial charge in [0.15, 0.2) is 11.5 Å². The van der Waals surface area contributed by atoms with Gasteiger partial charge in [-0.1, -0.05) is 6.07 Å². The van der Waals surface area contributed by atoms with Gasteiger partial charge in [-0.15, -0.1) is 0 Å². The van der Waals surface area contributed by atoms with Crippen LogP contribution in [0.15, 0.2) is 35.5 Å². The minimum atomic E-state index is 0.570. The molecule has 0 unspecified atom stereocenters. The maximum atomic E-state index is 5.71. The van der Waals surface area contributed by atoms with Gasteiger partial charge in [-0.25, -0.2) is 0 Å². The summed E-state index contributed by atoms with van der Waals surface area (Å²) in [4.78, 5) is 8.80. The van der Waals surface area contributed by atoms with Crippen LogP contribution in [0.3, 0.4) is 0 Å². The zero-order valence-electron chi connectivity index (χ0n) is 11.5. The number of anilines is 2. The van der Waals surface area contributed by atoms with Crippen molar-refractivity contribution in [3.05, 3.63) is 41.7 Å². The number of aromatic nitrogens is 1. The molecule has 106 valence electrons. The van der Waals surface area contributed by atoms with Gasteiger partial charge < -0.3 is 14.8 Å². The van der Waals surface area contributed by atoms with Gasteiger partial charge >= 0.3 is 0 Å². The van der Waals surface area contributed by atoms with Gasteiger partial charge in [-0.3, -0.25) is 9.98 Å². The molecule has 0 aliphatic carbocycles. The Hall–Kier alpha value is -2.56. The van der Waals surface area contributed by atoms with Crippen LogP contribution in [0.4, 0.5) is 11.4 Å². The van der Waals surface area contributed by atoms with E-state index in [1.54, 1.807) is 0 Å². The van der Waals surface area contributed by atoms with Gasteiger partial charge in [0.2, 0.25) is 0 Å². The first-order valence-corrected chi connectivity index (χ1v) is 7.04. The molecule has 0 fully saturated rings. The van der Waals surface area contributed by atoms with Crippen LogP contribution in [0, 0.1) is 0 Å². The van der Waals surface area contributed by atoms with Gasteiger partial charge in [0.25, 0.3) is 0 Å². The molecule has 5 heteroatoms. The summed E-state index contributed by atoms with van der Waals surface area (Å²) in [5.41, 5.74) is 3.99. The normalized spacial score (nSPS) is 15.4. The Morgan fingerprint density at radius 3 is 3.10 bits per heavy atom. The van der Waals surface area contributed by atoms with Crippen molar-refractivity contribution in [2.75, 3.05) is 25.1 Å². The first kappa shape index (κ1) is 12.2. The summed E-state index contributed by atoms with van der Waals surface area (Å²) in [6.07, 6.45) is 4.64. The summed E-state index contributed by atoms with van der Waals surface area (Å²) in [5, 5.41) is 3.35. The third-order valence-electron chi connectivity index (χ3n) is 3.56. The van der Waals surface area contributed by atoms with Crippen LogP contribution in [0.2, 0.25) is 0 Å². The average Bonchev–Trinajstić information content (AvgIpc) is 2.55. The fourth-order valence-corrected chi connectivity index (χ4v) is 2.56. The van der Waals surface area contributed by atoms with Crippen molar-refractivity contribution < 1.29 is 9.47 Å². The van der Waals surface area contributed by atoms with E-state index in [2.05, 4.69) is 21.4 Å². The Kier molecular flexibility index (Phi) is 2.96. The Morgan fingerprint density at radius 1 is 1.14 bits per heavy atom. The second kappa shape index (κ2) is 5.09. The number of aliphatic imine (C=N–C) groups is 1. The molecule has 2 aromatic rings. The van der Waals surface area contributed by atoms with Crippen molar-refractivity contribution in [2.24, 2.45) is 4.99 Å². The lowest BCUT2D eigenvalue weighted by atomic mass is 10.1. The van der Waals surface area contributed by atoms with Crippen LogP contribution in [-0.2, 0) is 6.42 Å². The molecule has 0 amide bonds. The molecule has 1 aromatic carbocycles. The molecular weight excluding hydrogens is 266 g/mol. The zero-order chi connectivity index (χ0) is 14.1. The Labute approximate surface area is 122 Å². The molecule has 5 nitrogen and oxygen atoms in total. The first-order chi connectivity index (χ1) is 10.4. The SMILES string of the molecule is C1=NCCc2ncc(Nc3cccc4c3OCCO4)cc21. The third kappa shape index (κ3) is 2.31. The van der Waals surface area contributed by atoms with Crippen molar-refractivity contribution in [3.63, 3.8) is 0 Å². The maximum absolute atomic E-state index is 5.71. The van der Waals surface area contributed by atoms with E-state index in [1.807, 2.05) is 30.6 Å². The smallest absolute Gasteiger partial charge is 0.184 e. The molecule has 0 radical (unpaired) electrons. The fraction of sp³-hybridized carbons (Fsp3) is 0.250. The predicted octanol–water partition coefficient (Wildman–Crippen LogP) is 2.57. The standard InChI is InChI=1S/C16H15N3O2/c1-2-14(16-15(3-1)20-6-7-21-16)19-12-8-11-9-17-5-4-13(11)18-10-12/h1-3,8-10,19H,4-7H2. The van der Waals surface area contributed by atoms with E-state index in [0.29, 0.717) is 13.2 Å². The second-order valence-electron chi connectivity index (χ2n) is 5.00. The minimum Gasteiger partial charge on any atom is -0.486 e. The van der Waals surface area contributed by atoms with E-state index in [1.165, 1.54) is 0 Å². The van der Waals surface area contributed by atoms with E-state index in [0.717, 1.165) is 47.1 Å². The number of nitrogens with zero attached hydrogens (tertiary/aromatic N) is 2. The summed E-state index contributed by atoms with van der Waals surface area (Å²) in [5.74, 6) is 1.54. The quantitative estimate of drug-likeness (QED) is 0.919.